The number of aryl methyl sites for hydroxylation is 1. The predicted octanol–water partition coefficient (Wildman–Crippen LogP) is 1.88. The van der Waals surface area contributed by atoms with Crippen LogP contribution in [0.1, 0.15) is 21.7 Å². The monoisotopic (exact) mass is 351 g/mol. The molecular weight excluding hydrogens is 334 g/mol. The zero-order chi connectivity index (χ0) is 17.9. The molecule has 0 spiro atoms. The molecule has 8 heteroatoms. The van der Waals surface area contributed by atoms with Gasteiger partial charge in [-0.25, -0.2) is 4.98 Å². The number of amides is 1. The van der Waals surface area contributed by atoms with Gasteiger partial charge in [0, 0.05) is 23.5 Å². The maximum Gasteiger partial charge on any atom is 0.252 e. The molecule has 3 aromatic rings. The number of ether oxygens (including phenoxy) is 2. The summed E-state index contributed by atoms with van der Waals surface area (Å²) >= 11 is 0. The number of pyridine rings is 1. The molecule has 2 aromatic heterocycles. The number of aromatic amines is 1. The quantitative estimate of drug-likeness (QED) is 0.744. The van der Waals surface area contributed by atoms with Gasteiger partial charge in [0.2, 0.25) is 0 Å². The second kappa shape index (κ2) is 6.83. The molecule has 132 valence electrons. The van der Waals surface area contributed by atoms with Crippen molar-refractivity contribution in [3.63, 3.8) is 0 Å². The van der Waals surface area contributed by atoms with Crippen molar-refractivity contribution in [3.8, 4) is 22.9 Å². The van der Waals surface area contributed by atoms with Gasteiger partial charge in [0.1, 0.15) is 19.0 Å². The number of H-pyrrole nitrogens is 1. The summed E-state index contributed by atoms with van der Waals surface area (Å²) in [5.74, 6) is 2.18. The smallest absolute Gasteiger partial charge is 0.252 e. The van der Waals surface area contributed by atoms with Gasteiger partial charge >= 0.3 is 0 Å². The summed E-state index contributed by atoms with van der Waals surface area (Å²) in [5, 5.41) is 9.84. The van der Waals surface area contributed by atoms with E-state index in [9.17, 15) is 4.79 Å². The molecule has 2 N–H and O–H groups in total. The van der Waals surface area contributed by atoms with Gasteiger partial charge in [-0.1, -0.05) is 0 Å². The van der Waals surface area contributed by atoms with E-state index in [1.165, 1.54) is 0 Å². The molecule has 1 aliphatic heterocycles. The average molecular weight is 351 g/mol. The van der Waals surface area contributed by atoms with E-state index in [-0.39, 0.29) is 12.5 Å². The first kappa shape index (κ1) is 16.1. The van der Waals surface area contributed by atoms with Crippen molar-refractivity contribution in [2.75, 3.05) is 13.2 Å². The van der Waals surface area contributed by atoms with Gasteiger partial charge in [0.05, 0.1) is 6.54 Å². The highest BCUT2D eigenvalue weighted by Crippen LogP contribution is 2.32. The maximum atomic E-state index is 12.5. The van der Waals surface area contributed by atoms with Gasteiger partial charge < -0.3 is 14.8 Å². The number of carbonyl (C=O) groups is 1. The lowest BCUT2D eigenvalue weighted by atomic mass is 10.1. The number of rotatable bonds is 4. The first-order valence-corrected chi connectivity index (χ1v) is 8.21. The van der Waals surface area contributed by atoms with E-state index in [1.54, 1.807) is 18.5 Å². The van der Waals surface area contributed by atoms with Gasteiger partial charge in [0.15, 0.2) is 17.3 Å². The van der Waals surface area contributed by atoms with Crippen molar-refractivity contribution in [2.45, 2.75) is 13.5 Å². The fraction of sp³-hybridized carbons (Fsp3) is 0.222. The highest BCUT2D eigenvalue weighted by Gasteiger charge is 2.18. The number of benzene rings is 1. The van der Waals surface area contributed by atoms with Crippen LogP contribution < -0.4 is 14.8 Å². The number of hydrogen-bond acceptors (Lipinski definition) is 6. The minimum absolute atomic E-state index is 0.207. The number of aromatic nitrogens is 4. The first-order valence-electron chi connectivity index (χ1n) is 8.21. The molecule has 8 nitrogen and oxygen atoms in total. The molecule has 0 unspecified atom stereocenters. The molecule has 0 atom stereocenters. The number of nitrogens with zero attached hydrogens (tertiary/aromatic N) is 3. The molecule has 4 rings (SSSR count). The van der Waals surface area contributed by atoms with Gasteiger partial charge in [0.25, 0.3) is 5.91 Å². The largest absolute Gasteiger partial charge is 0.486 e. The van der Waals surface area contributed by atoms with E-state index < -0.39 is 0 Å². The number of carbonyl (C=O) groups excluding carboxylic acids is 1. The molecule has 3 heterocycles. The lowest BCUT2D eigenvalue weighted by molar-refractivity contribution is 0.0948. The van der Waals surface area contributed by atoms with Crippen molar-refractivity contribution in [1.82, 2.24) is 25.5 Å². The third-order valence-corrected chi connectivity index (χ3v) is 4.02. The molecular formula is C18H17N5O3. The Labute approximate surface area is 149 Å². The number of hydrogen-bond donors (Lipinski definition) is 2. The highest BCUT2D eigenvalue weighted by atomic mass is 16.6. The Kier molecular flexibility index (Phi) is 4.22. The van der Waals surface area contributed by atoms with Crippen LogP contribution in [-0.2, 0) is 6.54 Å². The van der Waals surface area contributed by atoms with Crippen molar-refractivity contribution >= 4 is 5.91 Å². The van der Waals surface area contributed by atoms with E-state index in [4.69, 9.17) is 9.47 Å². The summed E-state index contributed by atoms with van der Waals surface area (Å²) in [6.07, 6.45) is 3.36. The Morgan fingerprint density at radius 3 is 2.69 bits per heavy atom. The molecule has 0 fully saturated rings. The lowest BCUT2D eigenvalue weighted by Crippen LogP contribution is -2.25. The third kappa shape index (κ3) is 3.21. The molecule has 1 amide bonds. The zero-order valence-electron chi connectivity index (χ0n) is 14.2. The summed E-state index contributed by atoms with van der Waals surface area (Å²) in [4.78, 5) is 20.9. The standard InChI is InChI=1S/C18H17N5O3/c1-11-8-14-15(26-7-6-25-14)9-13(11)18(24)20-10-16-21-17(23-22-16)12-2-4-19-5-3-12/h2-5,8-9H,6-7,10H2,1H3,(H,20,24)(H,21,22,23). The molecule has 0 saturated carbocycles. The van der Waals surface area contributed by atoms with Gasteiger partial charge in [-0.05, 0) is 36.8 Å². The van der Waals surface area contributed by atoms with E-state index >= 15 is 0 Å². The highest BCUT2D eigenvalue weighted by molar-refractivity contribution is 5.96. The second-order valence-corrected chi connectivity index (χ2v) is 5.84. The summed E-state index contributed by atoms with van der Waals surface area (Å²) in [5.41, 5.74) is 2.22. The summed E-state index contributed by atoms with van der Waals surface area (Å²) in [7, 11) is 0. The van der Waals surface area contributed by atoms with E-state index in [0.717, 1.165) is 11.1 Å². The molecule has 1 aromatic carbocycles. The fourth-order valence-electron chi connectivity index (χ4n) is 2.70. The van der Waals surface area contributed by atoms with Gasteiger partial charge in [-0.15, -0.1) is 0 Å². The average Bonchev–Trinajstić information content (AvgIpc) is 3.15. The van der Waals surface area contributed by atoms with Crippen molar-refractivity contribution in [2.24, 2.45) is 0 Å². The first-order chi connectivity index (χ1) is 12.7. The van der Waals surface area contributed by atoms with E-state index in [2.05, 4.69) is 25.5 Å². The number of nitrogens with one attached hydrogen (secondary N) is 2. The Morgan fingerprint density at radius 2 is 1.92 bits per heavy atom. The Morgan fingerprint density at radius 1 is 1.19 bits per heavy atom. The van der Waals surface area contributed by atoms with Crippen molar-refractivity contribution < 1.29 is 14.3 Å². The summed E-state index contributed by atoms with van der Waals surface area (Å²) in [6.45, 7) is 3.10. The van der Waals surface area contributed by atoms with Crippen LogP contribution in [0.2, 0.25) is 0 Å². The molecule has 0 saturated heterocycles. The molecule has 0 radical (unpaired) electrons. The topological polar surface area (TPSA) is 102 Å². The Hall–Kier alpha value is -3.42. The van der Waals surface area contributed by atoms with Crippen LogP contribution >= 0.6 is 0 Å². The fourth-order valence-corrected chi connectivity index (χ4v) is 2.70. The van der Waals surface area contributed by atoms with Crippen LogP contribution in [0.5, 0.6) is 11.5 Å². The maximum absolute atomic E-state index is 12.5. The third-order valence-electron chi connectivity index (χ3n) is 4.02. The van der Waals surface area contributed by atoms with Crippen LogP contribution in [0.4, 0.5) is 0 Å². The van der Waals surface area contributed by atoms with Gasteiger partial charge in [-0.2, -0.15) is 5.10 Å². The summed E-state index contributed by atoms with van der Waals surface area (Å²) < 4.78 is 11.1. The minimum Gasteiger partial charge on any atom is -0.486 e. The van der Waals surface area contributed by atoms with Crippen LogP contribution in [-0.4, -0.2) is 39.3 Å². The minimum atomic E-state index is -0.207. The Bertz CT molecular complexity index is 939. The SMILES string of the molecule is Cc1cc2c(cc1C(=O)NCc1nc(-c3ccncc3)n[nH]1)OCCO2. The molecule has 0 bridgehead atoms. The number of fused-ring (bicyclic) bond motifs is 1. The zero-order valence-corrected chi connectivity index (χ0v) is 14.2. The summed E-state index contributed by atoms with van der Waals surface area (Å²) in [6, 6.07) is 7.18. The van der Waals surface area contributed by atoms with Crippen LogP contribution in [0, 0.1) is 6.92 Å². The molecule has 26 heavy (non-hydrogen) atoms. The van der Waals surface area contributed by atoms with Crippen LogP contribution in [0.25, 0.3) is 11.4 Å². The predicted molar refractivity (Wildman–Crippen MR) is 93.0 cm³/mol. The van der Waals surface area contributed by atoms with Gasteiger partial charge in [-0.3, -0.25) is 14.9 Å². The molecule has 0 aliphatic carbocycles. The Balaban J connectivity index is 1.45. The van der Waals surface area contributed by atoms with Crippen molar-refractivity contribution in [3.05, 3.63) is 53.6 Å². The lowest BCUT2D eigenvalue weighted by Gasteiger charge is -2.20. The van der Waals surface area contributed by atoms with E-state index in [1.807, 2.05) is 25.1 Å². The molecule has 1 aliphatic rings. The van der Waals surface area contributed by atoms with Crippen LogP contribution in [0.15, 0.2) is 36.7 Å². The van der Waals surface area contributed by atoms with Crippen molar-refractivity contribution in [1.29, 1.82) is 0 Å². The second-order valence-electron chi connectivity index (χ2n) is 5.84. The van der Waals surface area contributed by atoms with Crippen LogP contribution in [0.3, 0.4) is 0 Å². The van der Waals surface area contributed by atoms with E-state index in [0.29, 0.717) is 41.9 Å². The normalized spacial score (nSPS) is 12.7.